The molecule has 1 atom stereocenters. The predicted octanol–water partition coefficient (Wildman–Crippen LogP) is 4.01. The molecule has 1 amide bonds. The molecule has 1 aliphatic heterocycles. The zero-order valence-electron chi connectivity index (χ0n) is 14.6. The van der Waals surface area contributed by atoms with Crippen LogP contribution in [0.25, 0.3) is 11.4 Å². The number of halogens is 1. The molecule has 0 spiro atoms. The Labute approximate surface area is 150 Å². The highest BCUT2D eigenvalue weighted by atomic mass is 19.1. The summed E-state index contributed by atoms with van der Waals surface area (Å²) in [6.45, 7) is 4.13. The van der Waals surface area contributed by atoms with Crippen molar-refractivity contribution in [3.63, 3.8) is 0 Å². The maximum absolute atomic E-state index is 13.5. The van der Waals surface area contributed by atoms with E-state index in [0.717, 1.165) is 11.1 Å². The monoisotopic (exact) mass is 351 g/mol. The van der Waals surface area contributed by atoms with Gasteiger partial charge in [-0.2, -0.15) is 4.98 Å². The van der Waals surface area contributed by atoms with E-state index in [2.05, 4.69) is 10.1 Å². The fourth-order valence-electron chi connectivity index (χ4n) is 3.22. The van der Waals surface area contributed by atoms with E-state index >= 15 is 0 Å². The van der Waals surface area contributed by atoms with Gasteiger partial charge in [0, 0.05) is 24.2 Å². The summed E-state index contributed by atoms with van der Waals surface area (Å²) in [6, 6.07) is 12.5. The van der Waals surface area contributed by atoms with Crippen LogP contribution in [-0.2, 0) is 4.79 Å². The van der Waals surface area contributed by atoms with Crippen molar-refractivity contribution < 1.29 is 13.7 Å². The molecule has 0 radical (unpaired) electrons. The molecular weight excluding hydrogens is 333 g/mol. The van der Waals surface area contributed by atoms with Crippen LogP contribution >= 0.6 is 0 Å². The summed E-state index contributed by atoms with van der Waals surface area (Å²) >= 11 is 0. The summed E-state index contributed by atoms with van der Waals surface area (Å²) in [5.74, 6) is 0.496. The van der Waals surface area contributed by atoms with E-state index in [1.165, 1.54) is 6.07 Å². The summed E-state index contributed by atoms with van der Waals surface area (Å²) in [6.07, 6.45) is 0.297. The van der Waals surface area contributed by atoms with Crippen LogP contribution in [-0.4, -0.2) is 22.6 Å². The van der Waals surface area contributed by atoms with Gasteiger partial charge in [-0.05, 0) is 43.7 Å². The maximum atomic E-state index is 13.5. The highest BCUT2D eigenvalue weighted by Crippen LogP contribution is 2.32. The molecule has 26 heavy (non-hydrogen) atoms. The molecule has 132 valence electrons. The average Bonchev–Trinajstić information content (AvgIpc) is 3.24. The molecule has 3 aromatic rings. The van der Waals surface area contributed by atoms with E-state index in [0.29, 0.717) is 35.9 Å². The highest BCUT2D eigenvalue weighted by Gasteiger charge is 2.35. The zero-order valence-corrected chi connectivity index (χ0v) is 14.6. The third-order valence-corrected chi connectivity index (χ3v) is 4.65. The summed E-state index contributed by atoms with van der Waals surface area (Å²) in [4.78, 5) is 18.5. The Balaban J connectivity index is 1.56. The van der Waals surface area contributed by atoms with Crippen molar-refractivity contribution in [3.8, 4) is 11.4 Å². The van der Waals surface area contributed by atoms with Gasteiger partial charge in [0.25, 0.3) is 0 Å². The number of carbonyl (C=O) groups is 1. The van der Waals surface area contributed by atoms with Crippen LogP contribution < -0.4 is 4.90 Å². The van der Waals surface area contributed by atoms with Gasteiger partial charge in [-0.3, -0.25) is 4.79 Å². The minimum atomic E-state index is -0.281. The van der Waals surface area contributed by atoms with Gasteiger partial charge >= 0.3 is 0 Å². The molecule has 2 aromatic carbocycles. The smallest absolute Gasteiger partial charge is 0.232 e. The van der Waals surface area contributed by atoms with Gasteiger partial charge < -0.3 is 9.42 Å². The number of amides is 1. The zero-order chi connectivity index (χ0) is 18.3. The van der Waals surface area contributed by atoms with Crippen LogP contribution in [0.3, 0.4) is 0 Å². The van der Waals surface area contributed by atoms with E-state index < -0.39 is 0 Å². The Bertz CT molecular complexity index is 983. The number of anilines is 1. The van der Waals surface area contributed by atoms with Crippen molar-refractivity contribution in [2.24, 2.45) is 0 Å². The average molecular weight is 351 g/mol. The van der Waals surface area contributed by atoms with Crippen molar-refractivity contribution in [3.05, 3.63) is 65.3 Å². The van der Waals surface area contributed by atoms with Gasteiger partial charge in [0.15, 0.2) is 0 Å². The first kappa shape index (κ1) is 16.4. The van der Waals surface area contributed by atoms with Crippen LogP contribution in [0.5, 0.6) is 0 Å². The Morgan fingerprint density at radius 2 is 2.04 bits per heavy atom. The molecule has 4 rings (SSSR count). The largest absolute Gasteiger partial charge is 0.339 e. The minimum absolute atomic E-state index is 0.0312. The van der Waals surface area contributed by atoms with Crippen molar-refractivity contribution >= 4 is 11.6 Å². The number of aryl methyl sites for hydroxylation is 2. The van der Waals surface area contributed by atoms with Gasteiger partial charge in [0.2, 0.25) is 17.6 Å². The number of carbonyl (C=O) groups excluding carboxylic acids is 1. The fourth-order valence-corrected chi connectivity index (χ4v) is 3.22. The lowest BCUT2D eigenvalue weighted by Gasteiger charge is -2.16. The lowest BCUT2D eigenvalue weighted by Crippen LogP contribution is -2.24. The molecule has 1 saturated heterocycles. The number of aromatic nitrogens is 2. The topological polar surface area (TPSA) is 59.2 Å². The van der Waals surface area contributed by atoms with E-state index in [9.17, 15) is 9.18 Å². The van der Waals surface area contributed by atoms with Gasteiger partial charge in [-0.25, -0.2) is 4.39 Å². The van der Waals surface area contributed by atoms with Crippen LogP contribution in [0.2, 0.25) is 0 Å². The highest BCUT2D eigenvalue weighted by molar-refractivity contribution is 5.96. The second-order valence-corrected chi connectivity index (χ2v) is 6.66. The molecule has 5 nitrogen and oxygen atoms in total. The van der Waals surface area contributed by atoms with Gasteiger partial charge in [-0.15, -0.1) is 0 Å². The molecule has 0 bridgehead atoms. The SMILES string of the molecule is Cc1cccc(-c2noc(C3CC(=O)N(c4ccc(F)c(C)c4)C3)n2)c1. The van der Waals surface area contributed by atoms with E-state index in [4.69, 9.17) is 4.52 Å². The molecule has 2 heterocycles. The summed E-state index contributed by atoms with van der Waals surface area (Å²) in [5, 5.41) is 4.06. The molecule has 0 aliphatic carbocycles. The van der Waals surface area contributed by atoms with Crippen molar-refractivity contribution in [2.75, 3.05) is 11.4 Å². The van der Waals surface area contributed by atoms with E-state index in [1.807, 2.05) is 31.2 Å². The molecule has 0 N–H and O–H groups in total. The number of hydrogen-bond acceptors (Lipinski definition) is 4. The van der Waals surface area contributed by atoms with Gasteiger partial charge in [-0.1, -0.05) is 28.9 Å². The van der Waals surface area contributed by atoms with Crippen molar-refractivity contribution in [1.29, 1.82) is 0 Å². The van der Waals surface area contributed by atoms with Crippen molar-refractivity contribution in [2.45, 2.75) is 26.2 Å². The quantitative estimate of drug-likeness (QED) is 0.715. The lowest BCUT2D eigenvalue weighted by atomic mass is 10.1. The number of nitrogens with zero attached hydrogens (tertiary/aromatic N) is 3. The Hall–Kier alpha value is -3.02. The predicted molar refractivity (Wildman–Crippen MR) is 95.3 cm³/mol. The van der Waals surface area contributed by atoms with Crippen LogP contribution in [0.4, 0.5) is 10.1 Å². The third-order valence-electron chi connectivity index (χ3n) is 4.65. The molecule has 1 aliphatic rings. The Kier molecular flexibility index (Phi) is 4.03. The first-order valence-corrected chi connectivity index (χ1v) is 8.48. The Morgan fingerprint density at radius 1 is 1.19 bits per heavy atom. The molecular formula is C20H18FN3O2. The third kappa shape index (κ3) is 2.98. The number of hydrogen-bond donors (Lipinski definition) is 0. The Morgan fingerprint density at radius 3 is 2.81 bits per heavy atom. The molecule has 1 fully saturated rings. The van der Waals surface area contributed by atoms with Crippen LogP contribution in [0, 0.1) is 19.7 Å². The second kappa shape index (κ2) is 6.37. The first-order chi connectivity index (χ1) is 12.5. The van der Waals surface area contributed by atoms with E-state index in [1.54, 1.807) is 24.0 Å². The molecule has 1 unspecified atom stereocenters. The number of rotatable bonds is 3. The molecule has 0 saturated carbocycles. The summed E-state index contributed by atoms with van der Waals surface area (Å²) < 4.78 is 18.9. The molecule has 6 heteroatoms. The van der Waals surface area contributed by atoms with Gasteiger partial charge in [0.05, 0.1) is 5.92 Å². The van der Waals surface area contributed by atoms with Gasteiger partial charge in [0.1, 0.15) is 5.82 Å². The lowest BCUT2D eigenvalue weighted by molar-refractivity contribution is -0.117. The van der Waals surface area contributed by atoms with Crippen LogP contribution in [0.15, 0.2) is 47.0 Å². The minimum Gasteiger partial charge on any atom is -0.339 e. The summed E-state index contributed by atoms with van der Waals surface area (Å²) in [7, 11) is 0. The molecule has 1 aromatic heterocycles. The standard InChI is InChI=1S/C20H18FN3O2/c1-12-4-3-5-14(8-12)19-22-20(26-23-19)15-10-18(25)24(11-15)16-6-7-17(21)13(2)9-16/h3-9,15H,10-11H2,1-2H3. The van der Waals surface area contributed by atoms with E-state index in [-0.39, 0.29) is 17.6 Å². The fraction of sp³-hybridized carbons (Fsp3) is 0.250. The normalized spacial score (nSPS) is 17.1. The van der Waals surface area contributed by atoms with Crippen molar-refractivity contribution in [1.82, 2.24) is 10.1 Å². The number of benzene rings is 2. The second-order valence-electron chi connectivity index (χ2n) is 6.66. The van der Waals surface area contributed by atoms with Crippen LogP contribution in [0.1, 0.15) is 29.4 Å². The first-order valence-electron chi connectivity index (χ1n) is 8.48. The summed E-state index contributed by atoms with van der Waals surface area (Å²) in [5.41, 5.74) is 3.20. The maximum Gasteiger partial charge on any atom is 0.232 e.